The van der Waals surface area contributed by atoms with Crippen LogP contribution in [0.5, 0.6) is 5.75 Å². The summed E-state index contributed by atoms with van der Waals surface area (Å²) in [5.41, 5.74) is 4.81. The van der Waals surface area contributed by atoms with Crippen molar-refractivity contribution in [2.24, 2.45) is 0 Å². The fourth-order valence-electron chi connectivity index (χ4n) is 4.01. The minimum absolute atomic E-state index is 0.128. The molecule has 0 bridgehead atoms. The molecule has 1 saturated heterocycles. The van der Waals surface area contributed by atoms with Crippen LogP contribution in [0, 0.1) is 0 Å². The first kappa shape index (κ1) is 20.8. The van der Waals surface area contributed by atoms with Crippen molar-refractivity contribution in [3.8, 4) is 16.9 Å². The molecule has 0 spiro atoms. The normalized spacial score (nSPS) is 16.8. The fourth-order valence-corrected chi connectivity index (χ4v) is 4.01. The number of morpholine rings is 1. The molecule has 3 heterocycles. The van der Waals surface area contributed by atoms with Crippen molar-refractivity contribution in [2.75, 3.05) is 46.9 Å². The number of ether oxygens (including phenoxy) is 2. The summed E-state index contributed by atoms with van der Waals surface area (Å²) in [5, 5.41) is 12.1. The highest BCUT2D eigenvalue weighted by atomic mass is 16.5. The van der Waals surface area contributed by atoms with Crippen molar-refractivity contribution in [1.29, 1.82) is 0 Å². The first-order chi connectivity index (χ1) is 15.7. The van der Waals surface area contributed by atoms with E-state index in [-0.39, 0.29) is 6.10 Å². The van der Waals surface area contributed by atoms with E-state index in [1.54, 1.807) is 6.20 Å². The zero-order valence-electron chi connectivity index (χ0n) is 18.5. The first-order valence-electron chi connectivity index (χ1n) is 11.0. The molecule has 4 aromatic rings. The monoisotopic (exact) mass is 432 g/mol. The molecule has 166 valence electrons. The molecule has 8 nitrogen and oxygen atoms in total. The maximum atomic E-state index is 5.94. The van der Waals surface area contributed by atoms with E-state index in [2.05, 4.69) is 68.2 Å². The first-order valence-corrected chi connectivity index (χ1v) is 11.0. The highest BCUT2D eigenvalue weighted by Crippen LogP contribution is 2.28. The molecule has 2 aromatic heterocycles. The Bertz CT molecular complexity index is 1200. The van der Waals surface area contributed by atoms with Crippen LogP contribution in [0.4, 0.5) is 0 Å². The Hall–Kier alpha value is -3.07. The van der Waals surface area contributed by atoms with Crippen LogP contribution in [-0.2, 0) is 4.74 Å². The van der Waals surface area contributed by atoms with Gasteiger partial charge in [-0.3, -0.25) is 9.38 Å². The summed E-state index contributed by atoms with van der Waals surface area (Å²) in [6.45, 7) is 3.98. The lowest BCUT2D eigenvalue weighted by atomic mass is 10.0. The van der Waals surface area contributed by atoms with Crippen molar-refractivity contribution >= 4 is 16.7 Å². The van der Waals surface area contributed by atoms with Gasteiger partial charge in [0, 0.05) is 19.6 Å². The van der Waals surface area contributed by atoms with Gasteiger partial charge in [-0.05, 0) is 55.9 Å². The van der Waals surface area contributed by atoms with Gasteiger partial charge in [0.05, 0.1) is 30.4 Å². The van der Waals surface area contributed by atoms with E-state index in [9.17, 15) is 0 Å². The molecule has 1 atom stereocenters. The van der Waals surface area contributed by atoms with Crippen LogP contribution in [0.3, 0.4) is 0 Å². The number of fused-ring (bicyclic) bond motifs is 3. The molecule has 1 aliphatic rings. The molecule has 0 saturated carbocycles. The Labute approximate surface area is 187 Å². The molecular weight excluding hydrogens is 404 g/mol. The molecule has 0 aliphatic carbocycles. The number of aromatic nitrogens is 4. The minimum atomic E-state index is -0.128. The van der Waals surface area contributed by atoms with Gasteiger partial charge in [-0.15, -0.1) is 10.2 Å². The third-order valence-corrected chi connectivity index (χ3v) is 5.67. The lowest BCUT2D eigenvalue weighted by Crippen LogP contribution is -2.34. The molecule has 8 heteroatoms. The van der Waals surface area contributed by atoms with Crippen molar-refractivity contribution in [2.45, 2.75) is 12.5 Å². The molecule has 1 fully saturated rings. The highest BCUT2D eigenvalue weighted by Gasteiger charge is 2.22. The SMILES string of the molecule is CN(C)CCCOc1ccc(-c2ccc3ncc4nnc(C5CNCCO5)n4c3c2)cc1. The lowest BCUT2D eigenvalue weighted by molar-refractivity contribution is 0.0217. The average molecular weight is 433 g/mol. The Balaban J connectivity index is 1.43. The summed E-state index contributed by atoms with van der Waals surface area (Å²) in [6.07, 6.45) is 2.64. The standard InChI is InChI=1S/C24H28N6O2/c1-29(2)11-3-12-31-19-7-4-17(5-8-19)18-6-9-20-21(14-18)30-23(16-26-20)27-28-24(30)22-15-25-10-13-32-22/h4-9,14,16,22,25H,3,10-13,15H2,1-2H3. The van der Waals surface area contributed by atoms with Gasteiger partial charge in [0.15, 0.2) is 11.5 Å². The molecule has 1 aliphatic heterocycles. The number of nitrogens with one attached hydrogen (secondary N) is 1. The zero-order valence-corrected chi connectivity index (χ0v) is 18.5. The third kappa shape index (κ3) is 4.29. The molecule has 5 rings (SSSR count). The second kappa shape index (κ2) is 9.20. The number of hydrogen-bond acceptors (Lipinski definition) is 7. The van der Waals surface area contributed by atoms with Gasteiger partial charge in [0.2, 0.25) is 0 Å². The quantitative estimate of drug-likeness (QED) is 0.450. The Morgan fingerprint density at radius 1 is 1.12 bits per heavy atom. The van der Waals surface area contributed by atoms with Crippen LogP contribution in [0.1, 0.15) is 18.3 Å². The van der Waals surface area contributed by atoms with Gasteiger partial charge in [-0.1, -0.05) is 18.2 Å². The minimum Gasteiger partial charge on any atom is -0.494 e. The van der Waals surface area contributed by atoms with Crippen LogP contribution >= 0.6 is 0 Å². The van der Waals surface area contributed by atoms with Crippen LogP contribution in [-0.4, -0.2) is 71.4 Å². The molecule has 0 radical (unpaired) electrons. The van der Waals surface area contributed by atoms with E-state index in [0.717, 1.165) is 65.4 Å². The van der Waals surface area contributed by atoms with Gasteiger partial charge in [-0.25, -0.2) is 0 Å². The van der Waals surface area contributed by atoms with Gasteiger partial charge < -0.3 is 19.7 Å². The summed E-state index contributed by atoms with van der Waals surface area (Å²) in [7, 11) is 4.15. The van der Waals surface area contributed by atoms with E-state index >= 15 is 0 Å². The summed E-state index contributed by atoms with van der Waals surface area (Å²) >= 11 is 0. The van der Waals surface area contributed by atoms with Crippen molar-refractivity contribution in [3.63, 3.8) is 0 Å². The van der Waals surface area contributed by atoms with Gasteiger partial charge in [-0.2, -0.15) is 0 Å². The number of nitrogens with zero attached hydrogens (tertiary/aromatic N) is 5. The second-order valence-corrected chi connectivity index (χ2v) is 8.31. The third-order valence-electron chi connectivity index (χ3n) is 5.67. The Morgan fingerprint density at radius 2 is 1.97 bits per heavy atom. The van der Waals surface area contributed by atoms with E-state index in [1.807, 2.05) is 18.2 Å². The molecule has 1 unspecified atom stereocenters. The largest absolute Gasteiger partial charge is 0.494 e. The van der Waals surface area contributed by atoms with E-state index in [4.69, 9.17) is 9.47 Å². The summed E-state index contributed by atoms with van der Waals surface area (Å²) in [4.78, 5) is 6.73. The number of hydrogen-bond donors (Lipinski definition) is 1. The smallest absolute Gasteiger partial charge is 0.179 e. The van der Waals surface area contributed by atoms with Crippen LogP contribution < -0.4 is 10.1 Å². The fraction of sp³-hybridized carbons (Fsp3) is 0.375. The maximum absolute atomic E-state index is 5.94. The number of benzene rings is 2. The highest BCUT2D eigenvalue weighted by molar-refractivity contribution is 5.83. The molecular formula is C24H28N6O2. The zero-order chi connectivity index (χ0) is 21.9. The van der Waals surface area contributed by atoms with Crippen LogP contribution in [0.15, 0.2) is 48.7 Å². The second-order valence-electron chi connectivity index (χ2n) is 8.31. The summed E-state index contributed by atoms with van der Waals surface area (Å²) < 4.78 is 13.9. The van der Waals surface area contributed by atoms with Crippen molar-refractivity contribution in [3.05, 3.63) is 54.5 Å². The van der Waals surface area contributed by atoms with E-state index in [1.165, 1.54) is 0 Å². The average Bonchev–Trinajstić information content (AvgIpc) is 3.27. The Kier molecular flexibility index (Phi) is 5.98. The van der Waals surface area contributed by atoms with Crippen LogP contribution in [0.25, 0.3) is 27.8 Å². The molecule has 0 amide bonds. The summed E-state index contributed by atoms with van der Waals surface area (Å²) in [5.74, 6) is 1.69. The molecule has 32 heavy (non-hydrogen) atoms. The predicted molar refractivity (Wildman–Crippen MR) is 124 cm³/mol. The van der Waals surface area contributed by atoms with Crippen molar-refractivity contribution in [1.82, 2.24) is 29.8 Å². The summed E-state index contributed by atoms with van der Waals surface area (Å²) in [6, 6.07) is 14.5. The van der Waals surface area contributed by atoms with Crippen molar-refractivity contribution < 1.29 is 9.47 Å². The van der Waals surface area contributed by atoms with Crippen LogP contribution in [0.2, 0.25) is 0 Å². The van der Waals surface area contributed by atoms with E-state index < -0.39 is 0 Å². The number of rotatable bonds is 7. The maximum Gasteiger partial charge on any atom is 0.179 e. The molecule has 1 N–H and O–H groups in total. The van der Waals surface area contributed by atoms with Gasteiger partial charge in [0.1, 0.15) is 11.9 Å². The topological polar surface area (TPSA) is 76.8 Å². The van der Waals surface area contributed by atoms with E-state index in [0.29, 0.717) is 13.2 Å². The molecule has 2 aromatic carbocycles. The van der Waals surface area contributed by atoms with Gasteiger partial charge in [0.25, 0.3) is 0 Å². The predicted octanol–water partition coefficient (Wildman–Crippen LogP) is 2.94. The lowest BCUT2D eigenvalue weighted by Gasteiger charge is -2.22. The Morgan fingerprint density at radius 3 is 2.75 bits per heavy atom. The van der Waals surface area contributed by atoms with Gasteiger partial charge >= 0.3 is 0 Å².